The molecule has 4 aromatic rings. The van der Waals surface area contributed by atoms with Crippen LogP contribution in [0.3, 0.4) is 0 Å². The number of aromatic hydroxyl groups is 4. The first-order valence-corrected chi connectivity index (χ1v) is 18.3. The number of phenolic OH excluding ortho intramolecular Hbond substituents is 4. The number of hydrogen-bond donors (Lipinski definition) is 9. The van der Waals surface area contributed by atoms with Crippen molar-refractivity contribution in [3.63, 3.8) is 0 Å². The molecule has 9 N–H and O–H groups in total. The fourth-order valence-electron chi connectivity index (χ4n) is 6.18. The number of aliphatic hydroxyl groups excluding tert-OH is 2. The first-order valence-electron chi connectivity index (χ1n) is 18.3. The molecular formula is C42H49N3O11. The highest BCUT2D eigenvalue weighted by Crippen LogP contribution is 2.37. The van der Waals surface area contributed by atoms with E-state index in [1.807, 2.05) is 0 Å². The summed E-state index contributed by atoms with van der Waals surface area (Å²) in [6.07, 6.45) is -3.87. The van der Waals surface area contributed by atoms with Gasteiger partial charge in [-0.25, -0.2) is 0 Å². The van der Waals surface area contributed by atoms with Gasteiger partial charge in [0, 0.05) is 38.6 Å². The van der Waals surface area contributed by atoms with E-state index >= 15 is 0 Å². The van der Waals surface area contributed by atoms with E-state index in [1.165, 1.54) is 24.3 Å². The summed E-state index contributed by atoms with van der Waals surface area (Å²) in [6, 6.07) is 25.9. The average molecular weight is 772 g/mol. The molecule has 0 aliphatic carbocycles. The highest BCUT2D eigenvalue weighted by Gasteiger charge is 2.41. The quantitative estimate of drug-likeness (QED) is 0.0337. The van der Waals surface area contributed by atoms with Crippen molar-refractivity contribution < 1.29 is 54.6 Å². The third kappa shape index (κ3) is 13.6. The molecular weight excluding hydrogens is 722 g/mol. The molecule has 0 heterocycles. The molecule has 14 heteroatoms. The van der Waals surface area contributed by atoms with E-state index in [2.05, 4.69) is 16.0 Å². The second-order valence-electron chi connectivity index (χ2n) is 13.6. The highest BCUT2D eigenvalue weighted by atomic mass is 16.5. The van der Waals surface area contributed by atoms with Crippen LogP contribution >= 0.6 is 0 Å². The average Bonchev–Trinajstić information content (AvgIpc) is 3.17. The number of phenols is 4. The van der Waals surface area contributed by atoms with E-state index < -0.39 is 41.6 Å². The standard InChI is InChI=1S/C42H49N3O11/c46-32-12-6-4-10-30(32)25-39(53)44-37(51)17-21-42(41(55)56-27-29-8-2-1-3-9-29,20-16-36(50)43-23-19-28-14-15-34(48)35(49)24-28)22-18-38(52)45-40(54)26-31-11-5-7-13-33(31)47/h1-15,24,39-40,46-49,53-54H,16-23,25-27H2,(H,43,50)(H,44,51)(H,45,52). The minimum absolute atomic E-state index is 0.0515. The summed E-state index contributed by atoms with van der Waals surface area (Å²) >= 11 is 0. The van der Waals surface area contributed by atoms with Crippen molar-refractivity contribution >= 4 is 23.7 Å². The Labute approximate surface area is 324 Å². The molecule has 4 aromatic carbocycles. The number of nitrogens with one attached hydrogen (secondary N) is 3. The zero-order chi connectivity index (χ0) is 40.5. The Morgan fingerprint density at radius 1 is 0.571 bits per heavy atom. The molecule has 56 heavy (non-hydrogen) atoms. The first kappa shape index (κ1) is 42.6. The number of amides is 3. The molecule has 0 radical (unpaired) electrons. The van der Waals surface area contributed by atoms with Crippen LogP contribution in [0.4, 0.5) is 0 Å². The van der Waals surface area contributed by atoms with Crippen LogP contribution in [0.5, 0.6) is 23.0 Å². The van der Waals surface area contributed by atoms with E-state index in [-0.39, 0.29) is 87.5 Å². The molecule has 14 nitrogen and oxygen atoms in total. The Balaban J connectivity index is 1.49. The van der Waals surface area contributed by atoms with Crippen molar-refractivity contribution in [2.75, 3.05) is 6.54 Å². The molecule has 4 rings (SSSR count). The molecule has 0 saturated carbocycles. The smallest absolute Gasteiger partial charge is 0.312 e. The summed E-state index contributed by atoms with van der Waals surface area (Å²) < 4.78 is 5.76. The fourth-order valence-corrected chi connectivity index (χ4v) is 6.18. The van der Waals surface area contributed by atoms with E-state index in [0.717, 1.165) is 0 Å². The number of esters is 1. The third-order valence-electron chi connectivity index (χ3n) is 9.38. The van der Waals surface area contributed by atoms with Gasteiger partial charge in [-0.1, -0.05) is 72.8 Å². The maximum atomic E-state index is 14.1. The highest BCUT2D eigenvalue weighted by molar-refractivity contribution is 5.83. The van der Waals surface area contributed by atoms with Crippen LogP contribution in [-0.2, 0) is 49.8 Å². The molecule has 298 valence electrons. The molecule has 0 aliphatic rings. The van der Waals surface area contributed by atoms with Gasteiger partial charge < -0.3 is 51.3 Å². The Bertz CT molecular complexity index is 1850. The monoisotopic (exact) mass is 771 g/mol. The van der Waals surface area contributed by atoms with Gasteiger partial charge in [0.05, 0.1) is 5.41 Å². The molecule has 3 amide bonds. The Hall–Kier alpha value is -6.12. The Morgan fingerprint density at radius 2 is 1.07 bits per heavy atom. The predicted molar refractivity (Wildman–Crippen MR) is 205 cm³/mol. The first-order chi connectivity index (χ1) is 26.8. The molecule has 0 fully saturated rings. The van der Waals surface area contributed by atoms with E-state index in [0.29, 0.717) is 28.7 Å². The predicted octanol–water partition coefficient (Wildman–Crippen LogP) is 3.59. The van der Waals surface area contributed by atoms with Crippen LogP contribution in [0.1, 0.15) is 60.8 Å². The van der Waals surface area contributed by atoms with E-state index in [9.17, 15) is 49.8 Å². The minimum atomic E-state index is -1.56. The van der Waals surface area contributed by atoms with Crippen molar-refractivity contribution in [1.82, 2.24) is 16.0 Å². The molecule has 0 aromatic heterocycles. The maximum Gasteiger partial charge on any atom is 0.312 e. The Kier molecular flexibility index (Phi) is 16.1. The van der Waals surface area contributed by atoms with Crippen molar-refractivity contribution in [3.05, 3.63) is 119 Å². The fraction of sp³-hybridized carbons (Fsp3) is 0.333. The van der Waals surface area contributed by atoms with Gasteiger partial charge in [0.1, 0.15) is 30.6 Å². The van der Waals surface area contributed by atoms with Gasteiger partial charge in [0.15, 0.2) is 11.5 Å². The molecule has 2 atom stereocenters. The lowest BCUT2D eigenvalue weighted by molar-refractivity contribution is -0.159. The molecule has 2 unspecified atom stereocenters. The SMILES string of the molecule is O=C(CCC(CCC(=O)NC(O)Cc1ccccc1O)(CCC(=O)NC(O)Cc1ccccc1O)C(=O)OCc1ccccc1)NCCc1ccc(O)c(O)c1. The summed E-state index contributed by atoms with van der Waals surface area (Å²) in [7, 11) is 0. The van der Waals surface area contributed by atoms with E-state index in [4.69, 9.17) is 4.74 Å². The van der Waals surface area contributed by atoms with Gasteiger partial charge in [-0.3, -0.25) is 19.2 Å². The van der Waals surface area contributed by atoms with Crippen LogP contribution < -0.4 is 16.0 Å². The Morgan fingerprint density at radius 3 is 1.59 bits per heavy atom. The van der Waals surface area contributed by atoms with Gasteiger partial charge in [-0.15, -0.1) is 0 Å². The second-order valence-corrected chi connectivity index (χ2v) is 13.6. The summed E-state index contributed by atoms with van der Waals surface area (Å²) in [6.45, 7) is 0.0487. The molecule has 0 aliphatic heterocycles. The van der Waals surface area contributed by atoms with Crippen LogP contribution in [0.15, 0.2) is 97.1 Å². The van der Waals surface area contributed by atoms with Crippen LogP contribution in [0, 0.1) is 5.41 Å². The topological polar surface area (TPSA) is 235 Å². The van der Waals surface area contributed by atoms with Crippen molar-refractivity contribution in [2.24, 2.45) is 5.41 Å². The lowest BCUT2D eigenvalue weighted by Crippen LogP contribution is -2.41. The van der Waals surface area contributed by atoms with Gasteiger partial charge in [-0.2, -0.15) is 0 Å². The van der Waals surface area contributed by atoms with E-state index in [1.54, 1.807) is 72.8 Å². The van der Waals surface area contributed by atoms with Crippen LogP contribution in [-0.4, -0.2) is 73.3 Å². The summed E-state index contributed by atoms with van der Waals surface area (Å²) in [5.74, 6) is -3.11. The molecule has 0 saturated heterocycles. The van der Waals surface area contributed by atoms with Gasteiger partial charge >= 0.3 is 5.97 Å². The number of aliphatic hydroxyl groups is 2. The maximum absolute atomic E-state index is 14.1. The lowest BCUT2D eigenvalue weighted by atomic mass is 9.74. The van der Waals surface area contributed by atoms with Gasteiger partial charge in [-0.05, 0) is 72.2 Å². The van der Waals surface area contributed by atoms with Gasteiger partial charge in [0.25, 0.3) is 0 Å². The van der Waals surface area contributed by atoms with Crippen molar-refractivity contribution in [1.29, 1.82) is 0 Å². The largest absolute Gasteiger partial charge is 0.508 e. The molecule has 0 bridgehead atoms. The number of rotatable bonds is 21. The summed E-state index contributed by atoms with van der Waals surface area (Å²) in [5.41, 5.74) is 0.592. The normalized spacial score (nSPS) is 13.1. The van der Waals surface area contributed by atoms with Crippen LogP contribution in [0.2, 0.25) is 0 Å². The summed E-state index contributed by atoms with van der Waals surface area (Å²) in [5, 5.41) is 68.5. The number of para-hydroxylation sites is 2. The number of carbonyl (C=O) groups is 4. The van der Waals surface area contributed by atoms with Gasteiger partial charge in [0.2, 0.25) is 17.7 Å². The molecule has 0 spiro atoms. The number of hydrogen-bond acceptors (Lipinski definition) is 11. The zero-order valence-corrected chi connectivity index (χ0v) is 30.9. The lowest BCUT2D eigenvalue weighted by Gasteiger charge is -2.32. The number of carbonyl (C=O) groups excluding carboxylic acids is 4. The zero-order valence-electron chi connectivity index (χ0n) is 30.9. The minimum Gasteiger partial charge on any atom is -0.508 e. The van der Waals surface area contributed by atoms with Crippen molar-refractivity contribution in [3.8, 4) is 23.0 Å². The number of ether oxygens (including phenoxy) is 1. The number of benzene rings is 4. The summed E-state index contributed by atoms with van der Waals surface area (Å²) in [4.78, 5) is 53.7. The van der Waals surface area contributed by atoms with Crippen LogP contribution in [0.25, 0.3) is 0 Å². The third-order valence-corrected chi connectivity index (χ3v) is 9.38. The second kappa shape index (κ2) is 21.1. The van der Waals surface area contributed by atoms with Crippen molar-refractivity contribution in [2.45, 2.75) is 76.9 Å².